The molecule has 6 heteroatoms. The van der Waals surface area contributed by atoms with Crippen LogP contribution in [0.5, 0.6) is 5.75 Å². The van der Waals surface area contributed by atoms with Crippen LogP contribution in [0, 0.1) is 5.82 Å². The fourth-order valence-corrected chi connectivity index (χ4v) is 2.19. The van der Waals surface area contributed by atoms with Crippen molar-refractivity contribution in [1.82, 2.24) is 5.32 Å². The van der Waals surface area contributed by atoms with Crippen LogP contribution in [0.25, 0.3) is 0 Å². The summed E-state index contributed by atoms with van der Waals surface area (Å²) in [5.41, 5.74) is -0.141. The number of halogens is 1. The van der Waals surface area contributed by atoms with E-state index in [0.717, 1.165) is 25.9 Å². The number of ether oxygens (including phenoxy) is 2. The molecule has 0 radical (unpaired) electrons. The number of carbonyl (C=O) groups excluding carboxylic acids is 1. The van der Waals surface area contributed by atoms with Crippen molar-refractivity contribution in [3.05, 3.63) is 24.0 Å². The molecular formula is C16H23FN2O3. The maximum absolute atomic E-state index is 13.8. The van der Waals surface area contributed by atoms with Crippen LogP contribution in [0.3, 0.4) is 0 Å². The zero-order chi connectivity index (χ0) is 16.2. The van der Waals surface area contributed by atoms with E-state index in [2.05, 4.69) is 10.6 Å². The Morgan fingerprint density at radius 1 is 1.32 bits per heavy atom. The molecule has 1 amide bonds. The normalized spacial score (nSPS) is 16.2. The molecule has 0 aliphatic carbocycles. The van der Waals surface area contributed by atoms with Crippen LogP contribution in [-0.2, 0) is 4.74 Å². The number of amides is 1. The molecule has 0 atom stereocenters. The summed E-state index contributed by atoms with van der Waals surface area (Å²) in [6.07, 6.45) is 1.09. The molecule has 1 aromatic rings. The van der Waals surface area contributed by atoms with Gasteiger partial charge in [-0.15, -0.1) is 0 Å². The van der Waals surface area contributed by atoms with Crippen LogP contribution in [0.2, 0.25) is 0 Å². The first kappa shape index (κ1) is 16.5. The fraction of sp³-hybridized carbons (Fsp3) is 0.562. The standard InChI is InChI=1S/C16H23FN2O3/c1-16(2,3)22-15(20)19-11-4-5-13(17)14(10-11)21-12-6-8-18-9-7-12/h4-5,10,12,18H,6-9H2,1-3H3,(H,19,20). The predicted molar refractivity (Wildman–Crippen MR) is 82.8 cm³/mol. The number of hydrogen-bond donors (Lipinski definition) is 2. The zero-order valence-electron chi connectivity index (χ0n) is 13.2. The quantitative estimate of drug-likeness (QED) is 0.899. The van der Waals surface area contributed by atoms with Crippen LogP contribution in [0.1, 0.15) is 33.6 Å². The Labute approximate surface area is 130 Å². The Kier molecular flexibility index (Phi) is 5.24. The van der Waals surface area contributed by atoms with Crippen LogP contribution in [0.4, 0.5) is 14.9 Å². The summed E-state index contributed by atoms with van der Waals surface area (Å²) in [5.74, 6) is -0.284. The molecule has 22 heavy (non-hydrogen) atoms. The SMILES string of the molecule is CC(C)(C)OC(=O)Nc1ccc(F)c(OC2CCNCC2)c1. The van der Waals surface area contributed by atoms with E-state index >= 15 is 0 Å². The van der Waals surface area contributed by atoms with E-state index in [0.29, 0.717) is 5.69 Å². The Balaban J connectivity index is 2.01. The average Bonchev–Trinajstić information content (AvgIpc) is 2.41. The number of carbonyl (C=O) groups is 1. The Morgan fingerprint density at radius 3 is 2.64 bits per heavy atom. The van der Waals surface area contributed by atoms with E-state index in [1.807, 2.05) is 0 Å². The molecule has 122 valence electrons. The third-order valence-electron chi connectivity index (χ3n) is 3.16. The summed E-state index contributed by atoms with van der Waals surface area (Å²) >= 11 is 0. The van der Waals surface area contributed by atoms with Crippen molar-refractivity contribution in [2.24, 2.45) is 0 Å². The van der Waals surface area contributed by atoms with E-state index in [1.54, 1.807) is 20.8 Å². The van der Waals surface area contributed by atoms with Gasteiger partial charge in [0.05, 0.1) is 0 Å². The number of rotatable bonds is 3. The van der Waals surface area contributed by atoms with Gasteiger partial charge in [-0.2, -0.15) is 0 Å². The molecule has 5 nitrogen and oxygen atoms in total. The lowest BCUT2D eigenvalue weighted by Gasteiger charge is -2.24. The van der Waals surface area contributed by atoms with Gasteiger partial charge in [0.15, 0.2) is 11.6 Å². The third kappa shape index (κ3) is 5.18. The first-order valence-electron chi connectivity index (χ1n) is 7.50. The summed E-state index contributed by atoms with van der Waals surface area (Å²) in [4.78, 5) is 11.7. The van der Waals surface area contributed by atoms with Gasteiger partial charge in [-0.05, 0) is 58.8 Å². The largest absolute Gasteiger partial charge is 0.487 e. The summed E-state index contributed by atoms with van der Waals surface area (Å²) in [7, 11) is 0. The molecule has 2 N–H and O–H groups in total. The first-order chi connectivity index (χ1) is 10.3. The summed E-state index contributed by atoms with van der Waals surface area (Å²) < 4.78 is 24.7. The second-order valence-corrected chi connectivity index (χ2v) is 6.34. The van der Waals surface area contributed by atoms with Crippen LogP contribution < -0.4 is 15.4 Å². The number of benzene rings is 1. The Bertz CT molecular complexity index is 523. The summed E-state index contributed by atoms with van der Waals surface area (Å²) in [6, 6.07) is 4.25. The van der Waals surface area contributed by atoms with Crippen molar-refractivity contribution in [1.29, 1.82) is 0 Å². The molecule has 1 saturated heterocycles. The minimum Gasteiger partial charge on any atom is -0.487 e. The van der Waals surface area contributed by atoms with Gasteiger partial charge in [-0.3, -0.25) is 5.32 Å². The number of hydrogen-bond acceptors (Lipinski definition) is 4. The topological polar surface area (TPSA) is 59.6 Å². The molecule has 2 rings (SSSR count). The molecule has 1 heterocycles. The Hall–Kier alpha value is -1.82. The van der Waals surface area contributed by atoms with E-state index in [1.165, 1.54) is 18.2 Å². The highest BCUT2D eigenvalue weighted by atomic mass is 19.1. The lowest BCUT2D eigenvalue weighted by Crippen LogP contribution is -2.34. The predicted octanol–water partition coefficient (Wildman–Crippen LogP) is 3.30. The van der Waals surface area contributed by atoms with Crippen molar-refractivity contribution in [3.63, 3.8) is 0 Å². The van der Waals surface area contributed by atoms with E-state index < -0.39 is 17.5 Å². The van der Waals surface area contributed by atoms with Crippen LogP contribution in [0.15, 0.2) is 18.2 Å². The van der Waals surface area contributed by atoms with Crippen molar-refractivity contribution in [2.45, 2.75) is 45.3 Å². The monoisotopic (exact) mass is 310 g/mol. The van der Waals surface area contributed by atoms with E-state index in [4.69, 9.17) is 9.47 Å². The first-order valence-corrected chi connectivity index (χ1v) is 7.50. The highest BCUT2D eigenvalue weighted by molar-refractivity contribution is 5.85. The highest BCUT2D eigenvalue weighted by Crippen LogP contribution is 2.25. The minimum absolute atomic E-state index is 0.00692. The minimum atomic E-state index is -0.585. The van der Waals surface area contributed by atoms with Crippen molar-refractivity contribution >= 4 is 11.8 Å². The lowest BCUT2D eigenvalue weighted by molar-refractivity contribution is 0.0636. The molecule has 0 spiro atoms. The molecule has 1 aromatic carbocycles. The molecule has 0 aromatic heterocycles. The van der Waals surface area contributed by atoms with Gasteiger partial charge in [-0.1, -0.05) is 0 Å². The van der Waals surface area contributed by atoms with Crippen molar-refractivity contribution in [3.8, 4) is 5.75 Å². The molecule has 1 aliphatic rings. The maximum atomic E-state index is 13.8. The smallest absolute Gasteiger partial charge is 0.412 e. The molecule has 0 unspecified atom stereocenters. The van der Waals surface area contributed by atoms with Gasteiger partial charge < -0.3 is 14.8 Å². The van der Waals surface area contributed by atoms with Gasteiger partial charge in [-0.25, -0.2) is 9.18 Å². The van der Waals surface area contributed by atoms with Gasteiger partial charge in [0.1, 0.15) is 11.7 Å². The Morgan fingerprint density at radius 2 is 2.00 bits per heavy atom. The second-order valence-electron chi connectivity index (χ2n) is 6.34. The summed E-state index contributed by atoms with van der Waals surface area (Å²) in [6.45, 7) is 7.07. The van der Waals surface area contributed by atoms with Gasteiger partial charge >= 0.3 is 6.09 Å². The third-order valence-corrected chi connectivity index (χ3v) is 3.16. The zero-order valence-corrected chi connectivity index (χ0v) is 13.2. The lowest BCUT2D eigenvalue weighted by atomic mass is 10.1. The number of nitrogens with one attached hydrogen (secondary N) is 2. The van der Waals surface area contributed by atoms with Crippen molar-refractivity contribution < 1.29 is 18.7 Å². The number of piperidine rings is 1. The van der Waals surface area contributed by atoms with Crippen molar-refractivity contribution in [2.75, 3.05) is 18.4 Å². The molecule has 1 fully saturated rings. The maximum Gasteiger partial charge on any atom is 0.412 e. The average molecular weight is 310 g/mol. The molecule has 0 bridgehead atoms. The summed E-state index contributed by atoms with van der Waals surface area (Å²) in [5, 5.41) is 5.81. The van der Waals surface area contributed by atoms with E-state index in [-0.39, 0.29) is 11.9 Å². The van der Waals surface area contributed by atoms with Gasteiger partial charge in [0, 0.05) is 11.8 Å². The molecule has 0 saturated carbocycles. The van der Waals surface area contributed by atoms with Gasteiger partial charge in [0.25, 0.3) is 0 Å². The van der Waals surface area contributed by atoms with Crippen LogP contribution >= 0.6 is 0 Å². The fourth-order valence-electron chi connectivity index (χ4n) is 2.19. The molecular weight excluding hydrogens is 287 g/mol. The highest BCUT2D eigenvalue weighted by Gasteiger charge is 2.19. The second kappa shape index (κ2) is 6.96. The van der Waals surface area contributed by atoms with Gasteiger partial charge in [0.2, 0.25) is 0 Å². The van der Waals surface area contributed by atoms with E-state index in [9.17, 15) is 9.18 Å². The number of anilines is 1. The van der Waals surface area contributed by atoms with Crippen LogP contribution in [-0.4, -0.2) is 30.9 Å². The molecule has 1 aliphatic heterocycles.